The first-order valence-corrected chi connectivity index (χ1v) is 8.14. The maximum Gasteiger partial charge on any atom is 0.317 e. The summed E-state index contributed by atoms with van der Waals surface area (Å²) in [5, 5.41) is 12.0. The predicted molar refractivity (Wildman–Crippen MR) is 77.4 cm³/mol. The number of carbonyl (C=O) groups is 2. The highest BCUT2D eigenvalue weighted by Gasteiger charge is 2.42. The summed E-state index contributed by atoms with van der Waals surface area (Å²) in [6.45, 7) is 2.37. The van der Waals surface area contributed by atoms with Gasteiger partial charge in [0.1, 0.15) is 0 Å². The van der Waals surface area contributed by atoms with Gasteiger partial charge in [-0.15, -0.1) is 0 Å². The summed E-state index contributed by atoms with van der Waals surface area (Å²) < 4.78 is 11.4. The van der Waals surface area contributed by atoms with E-state index < -0.39 is 11.8 Å². The van der Waals surface area contributed by atoms with Crippen molar-refractivity contribution >= 4 is 12.0 Å². The standard InChI is InChI=1S/C15H24N2O5/c18-13(19)11-2-4-12(5-3-11)16-14(20)17-7-1-6-15(10-17)21-8-9-22-15/h11-12H,1-10H2,(H,16,20)(H,18,19). The van der Waals surface area contributed by atoms with E-state index >= 15 is 0 Å². The fourth-order valence-corrected chi connectivity index (χ4v) is 3.64. The molecular weight excluding hydrogens is 288 g/mol. The number of ether oxygens (including phenoxy) is 2. The molecule has 1 aliphatic carbocycles. The minimum atomic E-state index is -0.724. The predicted octanol–water partition coefficient (Wildman–Crippen LogP) is 1.18. The van der Waals surface area contributed by atoms with Crippen LogP contribution in [0.3, 0.4) is 0 Å². The number of urea groups is 1. The molecule has 0 bridgehead atoms. The van der Waals surface area contributed by atoms with Gasteiger partial charge in [-0.1, -0.05) is 0 Å². The monoisotopic (exact) mass is 312 g/mol. The third-order valence-electron chi connectivity index (χ3n) is 4.92. The fourth-order valence-electron chi connectivity index (χ4n) is 3.64. The van der Waals surface area contributed by atoms with Crippen LogP contribution in [0.25, 0.3) is 0 Å². The van der Waals surface area contributed by atoms with Crippen molar-refractivity contribution in [2.45, 2.75) is 50.4 Å². The third-order valence-corrected chi connectivity index (χ3v) is 4.92. The summed E-state index contributed by atoms with van der Waals surface area (Å²) in [6, 6.07) is -0.0108. The first kappa shape index (κ1) is 15.6. The second-order valence-electron chi connectivity index (χ2n) is 6.47. The zero-order chi connectivity index (χ0) is 15.6. The summed E-state index contributed by atoms with van der Waals surface area (Å²) in [4.78, 5) is 25.1. The minimum Gasteiger partial charge on any atom is -0.481 e. The number of carboxylic acid groups (broad SMARTS) is 1. The van der Waals surface area contributed by atoms with Gasteiger partial charge in [0.15, 0.2) is 5.79 Å². The van der Waals surface area contributed by atoms with Crippen molar-refractivity contribution in [1.29, 1.82) is 0 Å². The van der Waals surface area contributed by atoms with Crippen LogP contribution in [0.15, 0.2) is 0 Å². The van der Waals surface area contributed by atoms with Crippen LogP contribution in [0.5, 0.6) is 0 Å². The van der Waals surface area contributed by atoms with E-state index in [-0.39, 0.29) is 18.0 Å². The molecule has 3 aliphatic rings. The molecule has 7 heteroatoms. The minimum absolute atomic E-state index is 0.0754. The second-order valence-corrected chi connectivity index (χ2v) is 6.47. The topological polar surface area (TPSA) is 88.1 Å². The number of likely N-dealkylation sites (tertiary alicyclic amines) is 1. The number of rotatable bonds is 2. The molecular formula is C15H24N2O5. The largest absolute Gasteiger partial charge is 0.481 e. The molecule has 3 rings (SSSR count). The Morgan fingerprint density at radius 1 is 1.14 bits per heavy atom. The Balaban J connectivity index is 1.49. The molecule has 2 heterocycles. The van der Waals surface area contributed by atoms with Crippen LogP contribution in [0, 0.1) is 5.92 Å². The lowest BCUT2D eigenvalue weighted by molar-refractivity contribution is -0.183. The molecule has 22 heavy (non-hydrogen) atoms. The van der Waals surface area contributed by atoms with Gasteiger partial charge in [0.25, 0.3) is 0 Å². The number of carboxylic acids is 1. The van der Waals surface area contributed by atoms with Crippen LogP contribution in [0.4, 0.5) is 4.79 Å². The van der Waals surface area contributed by atoms with Crippen molar-refractivity contribution in [1.82, 2.24) is 10.2 Å². The third kappa shape index (κ3) is 3.35. The Morgan fingerprint density at radius 2 is 1.82 bits per heavy atom. The number of aliphatic carboxylic acids is 1. The van der Waals surface area contributed by atoms with Gasteiger partial charge in [-0.2, -0.15) is 0 Å². The van der Waals surface area contributed by atoms with Gasteiger partial charge in [0.2, 0.25) is 0 Å². The highest BCUT2D eigenvalue weighted by Crippen LogP contribution is 2.30. The molecule has 0 radical (unpaired) electrons. The molecule has 0 unspecified atom stereocenters. The molecule has 2 N–H and O–H groups in total. The van der Waals surface area contributed by atoms with E-state index in [4.69, 9.17) is 14.6 Å². The maximum atomic E-state index is 12.4. The van der Waals surface area contributed by atoms with Crippen molar-refractivity contribution in [3.63, 3.8) is 0 Å². The lowest BCUT2D eigenvalue weighted by Gasteiger charge is -2.39. The van der Waals surface area contributed by atoms with Gasteiger partial charge in [-0.25, -0.2) is 4.79 Å². The summed E-state index contributed by atoms with van der Waals surface area (Å²) in [5.41, 5.74) is 0. The quantitative estimate of drug-likeness (QED) is 0.799. The molecule has 2 amide bonds. The number of piperidine rings is 1. The first-order valence-electron chi connectivity index (χ1n) is 8.14. The van der Waals surface area contributed by atoms with Crippen molar-refractivity contribution < 1.29 is 24.2 Å². The Bertz CT molecular complexity index is 428. The van der Waals surface area contributed by atoms with Gasteiger partial charge < -0.3 is 24.8 Å². The SMILES string of the molecule is O=C(O)C1CCC(NC(=O)N2CCCC3(C2)OCCO3)CC1. The zero-order valence-electron chi connectivity index (χ0n) is 12.8. The number of hydrogen-bond donors (Lipinski definition) is 2. The summed E-state index contributed by atoms with van der Waals surface area (Å²) >= 11 is 0. The van der Waals surface area contributed by atoms with Gasteiger partial charge in [0, 0.05) is 19.0 Å². The number of carbonyl (C=O) groups excluding carboxylic acids is 1. The Labute approximate surface area is 129 Å². The molecule has 0 aromatic rings. The van der Waals surface area contributed by atoms with E-state index in [1.807, 2.05) is 0 Å². The second kappa shape index (κ2) is 6.42. The molecule has 3 fully saturated rings. The van der Waals surface area contributed by atoms with Crippen LogP contribution < -0.4 is 5.32 Å². The normalized spacial score (nSPS) is 31.2. The molecule has 124 valence electrons. The van der Waals surface area contributed by atoms with Gasteiger partial charge in [-0.3, -0.25) is 4.79 Å². The molecule has 0 aromatic carbocycles. The zero-order valence-corrected chi connectivity index (χ0v) is 12.8. The average molecular weight is 312 g/mol. The van der Waals surface area contributed by atoms with Crippen LogP contribution >= 0.6 is 0 Å². The van der Waals surface area contributed by atoms with Crippen LogP contribution in [0.1, 0.15) is 38.5 Å². The van der Waals surface area contributed by atoms with E-state index in [0.29, 0.717) is 39.1 Å². The first-order chi connectivity index (χ1) is 10.6. The number of amides is 2. The van der Waals surface area contributed by atoms with Crippen molar-refractivity contribution in [3.8, 4) is 0 Å². The van der Waals surface area contributed by atoms with E-state index in [1.54, 1.807) is 4.90 Å². The van der Waals surface area contributed by atoms with E-state index in [1.165, 1.54) is 0 Å². The smallest absolute Gasteiger partial charge is 0.317 e. The number of nitrogens with zero attached hydrogens (tertiary/aromatic N) is 1. The molecule has 2 saturated heterocycles. The van der Waals surface area contributed by atoms with Crippen LogP contribution in [-0.2, 0) is 14.3 Å². The Hall–Kier alpha value is -1.34. The highest BCUT2D eigenvalue weighted by atomic mass is 16.7. The van der Waals surface area contributed by atoms with E-state index in [9.17, 15) is 9.59 Å². The van der Waals surface area contributed by atoms with E-state index in [0.717, 1.165) is 25.7 Å². The number of nitrogens with one attached hydrogen (secondary N) is 1. The lowest BCUT2D eigenvalue weighted by Crippen LogP contribution is -2.55. The van der Waals surface area contributed by atoms with Gasteiger partial charge >= 0.3 is 12.0 Å². The van der Waals surface area contributed by atoms with Crippen molar-refractivity contribution in [2.75, 3.05) is 26.3 Å². The summed E-state index contributed by atoms with van der Waals surface area (Å²) in [5.74, 6) is -1.58. The summed E-state index contributed by atoms with van der Waals surface area (Å²) in [7, 11) is 0. The summed E-state index contributed by atoms with van der Waals surface area (Å²) in [6.07, 6.45) is 4.44. The van der Waals surface area contributed by atoms with Crippen LogP contribution in [-0.4, -0.2) is 60.1 Å². The fraction of sp³-hybridized carbons (Fsp3) is 0.867. The number of hydrogen-bond acceptors (Lipinski definition) is 4. The molecule has 0 atom stereocenters. The Morgan fingerprint density at radius 3 is 2.45 bits per heavy atom. The maximum absolute atomic E-state index is 12.4. The molecule has 0 aromatic heterocycles. The van der Waals surface area contributed by atoms with Gasteiger partial charge in [-0.05, 0) is 32.1 Å². The van der Waals surface area contributed by atoms with Gasteiger partial charge in [0.05, 0.1) is 25.7 Å². The van der Waals surface area contributed by atoms with E-state index in [2.05, 4.69) is 5.32 Å². The van der Waals surface area contributed by atoms with Crippen molar-refractivity contribution in [2.24, 2.45) is 5.92 Å². The lowest BCUT2D eigenvalue weighted by atomic mass is 9.86. The molecule has 2 aliphatic heterocycles. The molecule has 1 saturated carbocycles. The highest BCUT2D eigenvalue weighted by molar-refractivity contribution is 5.75. The Kier molecular flexibility index (Phi) is 4.54. The molecule has 7 nitrogen and oxygen atoms in total. The van der Waals surface area contributed by atoms with Crippen LogP contribution in [0.2, 0.25) is 0 Å². The average Bonchev–Trinajstić information content (AvgIpc) is 2.95. The van der Waals surface area contributed by atoms with Crippen molar-refractivity contribution in [3.05, 3.63) is 0 Å². The molecule has 1 spiro atoms.